The first-order chi connectivity index (χ1) is 6.79. The van der Waals surface area contributed by atoms with Crippen LogP contribution in [-0.2, 0) is 4.74 Å². The second kappa shape index (κ2) is 4.37. The van der Waals surface area contributed by atoms with E-state index in [1.54, 1.807) is 11.9 Å². The van der Waals surface area contributed by atoms with Crippen molar-refractivity contribution in [1.29, 1.82) is 0 Å². The van der Waals surface area contributed by atoms with Crippen LogP contribution in [0.25, 0.3) is 0 Å². The van der Waals surface area contributed by atoms with Gasteiger partial charge in [0.05, 0.1) is 6.04 Å². The van der Waals surface area contributed by atoms with E-state index in [4.69, 9.17) is 4.74 Å². The van der Waals surface area contributed by atoms with Crippen LogP contribution in [0, 0.1) is 0 Å². The lowest BCUT2D eigenvalue weighted by Gasteiger charge is -2.24. The zero-order valence-electron chi connectivity index (χ0n) is 9.86. The summed E-state index contributed by atoms with van der Waals surface area (Å²) in [5.74, 6) is 0. The highest BCUT2D eigenvalue weighted by atomic mass is 16.6. The van der Waals surface area contributed by atoms with E-state index in [1.165, 1.54) is 0 Å². The summed E-state index contributed by atoms with van der Waals surface area (Å²) in [5, 5.41) is 10.4. The van der Waals surface area contributed by atoms with Gasteiger partial charge in [-0.2, -0.15) is 5.06 Å². The number of carbonyl (C=O) groups is 1. The molecule has 1 fully saturated rings. The summed E-state index contributed by atoms with van der Waals surface area (Å²) in [6.07, 6.45) is 0.485. The first kappa shape index (κ1) is 12.3. The minimum atomic E-state index is -0.458. The number of rotatable bonds is 1. The van der Waals surface area contributed by atoms with E-state index in [0.717, 1.165) is 11.5 Å². The van der Waals surface area contributed by atoms with Crippen LogP contribution in [0.2, 0.25) is 0 Å². The Labute approximate surface area is 90.6 Å². The van der Waals surface area contributed by atoms with Crippen LogP contribution < -0.4 is 0 Å². The molecule has 0 spiro atoms. The predicted molar refractivity (Wildman–Crippen MR) is 55.8 cm³/mol. The van der Waals surface area contributed by atoms with E-state index in [9.17, 15) is 10.0 Å². The summed E-state index contributed by atoms with van der Waals surface area (Å²) < 4.78 is 5.24. The average molecular weight is 216 g/mol. The Morgan fingerprint density at radius 3 is 2.53 bits per heavy atom. The number of hydrogen-bond acceptors (Lipinski definition) is 4. The number of likely N-dealkylation sites (tertiary alicyclic amines) is 1. The number of likely N-dealkylation sites (N-methyl/N-ethyl adjacent to an activating group) is 1. The third kappa shape index (κ3) is 3.68. The van der Waals surface area contributed by atoms with Crippen molar-refractivity contribution in [1.82, 2.24) is 9.96 Å². The molecule has 1 unspecified atom stereocenters. The molecule has 0 aliphatic carbocycles. The standard InChI is InChI=1S/C10H20N2O3/c1-10(2,3)15-9(13)12-6-5-8(7-12)11(4)14/h8,14H,5-7H2,1-4H3. The highest BCUT2D eigenvalue weighted by molar-refractivity contribution is 5.68. The van der Waals surface area contributed by atoms with Gasteiger partial charge in [-0.05, 0) is 27.2 Å². The molecule has 1 aliphatic rings. The maximum atomic E-state index is 11.6. The van der Waals surface area contributed by atoms with Gasteiger partial charge in [0, 0.05) is 20.1 Å². The van der Waals surface area contributed by atoms with Crippen molar-refractivity contribution in [3.63, 3.8) is 0 Å². The zero-order valence-corrected chi connectivity index (χ0v) is 9.86. The van der Waals surface area contributed by atoms with Gasteiger partial charge in [0.15, 0.2) is 0 Å². The normalized spacial score (nSPS) is 22.3. The molecule has 0 aromatic carbocycles. The first-order valence-corrected chi connectivity index (χ1v) is 5.19. The molecule has 88 valence electrons. The molecule has 0 aromatic heterocycles. The van der Waals surface area contributed by atoms with Crippen LogP contribution in [0.5, 0.6) is 0 Å². The maximum absolute atomic E-state index is 11.6. The van der Waals surface area contributed by atoms with E-state index >= 15 is 0 Å². The van der Waals surface area contributed by atoms with Crippen LogP contribution in [0.15, 0.2) is 0 Å². The van der Waals surface area contributed by atoms with Gasteiger partial charge in [-0.15, -0.1) is 0 Å². The van der Waals surface area contributed by atoms with Crippen molar-refractivity contribution in [3.05, 3.63) is 0 Å². The van der Waals surface area contributed by atoms with Gasteiger partial charge in [-0.3, -0.25) is 0 Å². The van der Waals surface area contributed by atoms with Gasteiger partial charge < -0.3 is 14.8 Å². The predicted octanol–water partition coefficient (Wildman–Crippen LogP) is 1.32. The molecular formula is C10H20N2O3. The zero-order chi connectivity index (χ0) is 11.6. The number of nitrogens with zero attached hydrogens (tertiary/aromatic N) is 2. The Morgan fingerprint density at radius 2 is 2.13 bits per heavy atom. The Balaban J connectivity index is 2.44. The van der Waals surface area contributed by atoms with Crippen molar-refractivity contribution in [2.45, 2.75) is 38.8 Å². The van der Waals surface area contributed by atoms with Gasteiger partial charge in [0.1, 0.15) is 5.60 Å². The lowest BCUT2D eigenvalue weighted by Crippen LogP contribution is -2.38. The van der Waals surface area contributed by atoms with Crippen LogP contribution in [-0.4, -0.2) is 53.0 Å². The summed E-state index contributed by atoms with van der Waals surface area (Å²) in [7, 11) is 1.60. The molecule has 1 amide bonds. The Morgan fingerprint density at radius 1 is 1.53 bits per heavy atom. The molecule has 15 heavy (non-hydrogen) atoms. The number of ether oxygens (including phenoxy) is 1. The number of hydrogen-bond donors (Lipinski definition) is 1. The molecule has 1 rings (SSSR count). The van der Waals surface area contributed by atoms with Crippen molar-refractivity contribution in [3.8, 4) is 0 Å². The first-order valence-electron chi connectivity index (χ1n) is 5.19. The smallest absolute Gasteiger partial charge is 0.410 e. The van der Waals surface area contributed by atoms with Gasteiger partial charge in [-0.1, -0.05) is 0 Å². The van der Waals surface area contributed by atoms with Crippen LogP contribution in [0.4, 0.5) is 4.79 Å². The summed E-state index contributed by atoms with van der Waals surface area (Å²) >= 11 is 0. The van der Waals surface area contributed by atoms with Gasteiger partial charge in [-0.25, -0.2) is 4.79 Å². The number of carbonyl (C=O) groups excluding carboxylic acids is 1. The lowest BCUT2D eigenvalue weighted by atomic mass is 10.2. The van der Waals surface area contributed by atoms with Crippen molar-refractivity contribution in [2.24, 2.45) is 0 Å². The average Bonchev–Trinajstić information content (AvgIpc) is 2.47. The third-order valence-electron chi connectivity index (χ3n) is 2.34. The summed E-state index contributed by atoms with van der Waals surface area (Å²) in [6.45, 7) is 6.70. The van der Waals surface area contributed by atoms with Gasteiger partial charge >= 0.3 is 6.09 Å². The Kier molecular flexibility index (Phi) is 3.57. The van der Waals surface area contributed by atoms with Crippen molar-refractivity contribution >= 4 is 6.09 Å². The lowest BCUT2D eigenvalue weighted by molar-refractivity contribution is -0.0981. The second-order valence-corrected chi connectivity index (χ2v) is 4.94. The molecule has 0 bridgehead atoms. The minimum Gasteiger partial charge on any atom is -0.444 e. The van der Waals surface area contributed by atoms with Crippen LogP contribution >= 0.6 is 0 Å². The second-order valence-electron chi connectivity index (χ2n) is 4.94. The molecule has 1 aliphatic heterocycles. The molecule has 1 heterocycles. The Bertz CT molecular complexity index is 235. The van der Waals surface area contributed by atoms with Crippen LogP contribution in [0.1, 0.15) is 27.2 Å². The van der Waals surface area contributed by atoms with E-state index in [0.29, 0.717) is 13.1 Å². The SMILES string of the molecule is CN(O)C1CCN(C(=O)OC(C)(C)C)C1. The maximum Gasteiger partial charge on any atom is 0.410 e. The fraction of sp³-hybridized carbons (Fsp3) is 0.900. The fourth-order valence-corrected chi connectivity index (χ4v) is 1.54. The summed E-state index contributed by atoms with van der Waals surface area (Å²) in [5.41, 5.74) is -0.458. The minimum absolute atomic E-state index is 0.0255. The van der Waals surface area contributed by atoms with E-state index in [1.807, 2.05) is 20.8 Å². The Hall–Kier alpha value is -0.810. The topological polar surface area (TPSA) is 53.0 Å². The van der Waals surface area contributed by atoms with E-state index < -0.39 is 5.60 Å². The van der Waals surface area contributed by atoms with Gasteiger partial charge in [0.25, 0.3) is 0 Å². The molecule has 5 nitrogen and oxygen atoms in total. The molecule has 5 heteroatoms. The molecule has 0 saturated carbocycles. The summed E-state index contributed by atoms with van der Waals surface area (Å²) in [6, 6.07) is 0.0255. The van der Waals surface area contributed by atoms with E-state index in [2.05, 4.69) is 0 Å². The molecule has 1 N–H and O–H groups in total. The largest absolute Gasteiger partial charge is 0.444 e. The molecular weight excluding hydrogens is 196 g/mol. The highest BCUT2D eigenvalue weighted by Gasteiger charge is 2.31. The molecule has 1 saturated heterocycles. The number of hydroxylamine groups is 2. The molecule has 1 atom stereocenters. The van der Waals surface area contributed by atoms with Gasteiger partial charge in [0.2, 0.25) is 0 Å². The van der Waals surface area contributed by atoms with Crippen molar-refractivity contribution < 1.29 is 14.7 Å². The number of amides is 1. The monoisotopic (exact) mass is 216 g/mol. The van der Waals surface area contributed by atoms with Crippen molar-refractivity contribution in [2.75, 3.05) is 20.1 Å². The molecule has 0 radical (unpaired) electrons. The van der Waals surface area contributed by atoms with E-state index in [-0.39, 0.29) is 12.1 Å². The summed E-state index contributed by atoms with van der Waals surface area (Å²) in [4.78, 5) is 13.3. The third-order valence-corrected chi connectivity index (χ3v) is 2.34. The fourth-order valence-electron chi connectivity index (χ4n) is 1.54. The highest BCUT2D eigenvalue weighted by Crippen LogP contribution is 2.17. The quantitative estimate of drug-likeness (QED) is 0.672. The van der Waals surface area contributed by atoms with Crippen LogP contribution in [0.3, 0.4) is 0 Å². The molecule has 0 aromatic rings.